The fourth-order valence-electron chi connectivity index (χ4n) is 1.99. The quantitative estimate of drug-likeness (QED) is 0.790. The zero-order chi connectivity index (χ0) is 15.4. The normalized spacial score (nSPS) is 12.3. The Morgan fingerprint density at radius 1 is 1.33 bits per heavy atom. The molecule has 0 radical (unpaired) electrons. The molecule has 3 amide bonds. The Bertz CT molecular complexity index is 620. The van der Waals surface area contributed by atoms with Crippen LogP contribution in [-0.4, -0.2) is 23.0 Å². The molecule has 4 N–H and O–H groups in total. The summed E-state index contributed by atoms with van der Waals surface area (Å²) in [7, 11) is 0. The van der Waals surface area contributed by atoms with Crippen LogP contribution in [0, 0.1) is 5.92 Å². The smallest absolute Gasteiger partial charge is 0.312 e. The number of carbonyl (C=O) groups excluding carboxylic acids is 2. The largest absolute Gasteiger partial charge is 0.352 e. The fourth-order valence-corrected chi connectivity index (χ4v) is 2.86. The Morgan fingerprint density at radius 3 is 2.67 bits per heavy atom. The number of hydrogen-bond donors (Lipinski definition) is 3. The molecule has 0 unspecified atom stereocenters. The SMILES string of the molecule is CC(C)C[C@@H](NC(N)=O)C(=O)Nc1nc2ccccc2s1. The second kappa shape index (κ2) is 6.53. The average molecular weight is 306 g/mol. The van der Waals surface area contributed by atoms with Crippen LogP contribution in [0.4, 0.5) is 9.93 Å². The molecule has 0 fully saturated rings. The molecule has 112 valence electrons. The minimum Gasteiger partial charge on any atom is -0.352 e. The number of urea groups is 1. The van der Waals surface area contributed by atoms with Crippen LogP contribution in [0.2, 0.25) is 0 Å². The van der Waals surface area contributed by atoms with E-state index in [1.54, 1.807) is 0 Å². The zero-order valence-corrected chi connectivity index (χ0v) is 12.7. The summed E-state index contributed by atoms with van der Waals surface area (Å²) in [4.78, 5) is 27.6. The number of anilines is 1. The van der Waals surface area contributed by atoms with Gasteiger partial charge in [0, 0.05) is 0 Å². The van der Waals surface area contributed by atoms with Crippen LogP contribution in [0.1, 0.15) is 20.3 Å². The molecule has 0 saturated carbocycles. The molecule has 0 bridgehead atoms. The van der Waals surface area contributed by atoms with Crippen molar-refractivity contribution in [2.24, 2.45) is 11.7 Å². The summed E-state index contributed by atoms with van der Waals surface area (Å²) < 4.78 is 0.996. The van der Waals surface area contributed by atoms with E-state index in [2.05, 4.69) is 15.6 Å². The van der Waals surface area contributed by atoms with Gasteiger partial charge in [-0.25, -0.2) is 9.78 Å². The van der Waals surface area contributed by atoms with Crippen molar-refractivity contribution in [3.05, 3.63) is 24.3 Å². The number of benzene rings is 1. The van der Waals surface area contributed by atoms with Gasteiger partial charge in [0.05, 0.1) is 10.2 Å². The van der Waals surface area contributed by atoms with E-state index in [1.165, 1.54) is 11.3 Å². The van der Waals surface area contributed by atoms with E-state index in [1.807, 2.05) is 38.1 Å². The molecule has 2 rings (SSSR count). The summed E-state index contributed by atoms with van der Waals surface area (Å²) in [5, 5.41) is 5.72. The van der Waals surface area contributed by atoms with E-state index in [9.17, 15) is 9.59 Å². The lowest BCUT2D eigenvalue weighted by atomic mass is 10.0. The lowest BCUT2D eigenvalue weighted by Gasteiger charge is -2.18. The van der Waals surface area contributed by atoms with E-state index in [0.717, 1.165) is 10.2 Å². The molecule has 1 aromatic carbocycles. The van der Waals surface area contributed by atoms with Crippen molar-refractivity contribution in [2.75, 3.05) is 5.32 Å². The molecule has 21 heavy (non-hydrogen) atoms. The molecule has 1 aromatic heterocycles. The molecular weight excluding hydrogens is 288 g/mol. The van der Waals surface area contributed by atoms with E-state index in [0.29, 0.717) is 11.6 Å². The Balaban J connectivity index is 2.11. The van der Waals surface area contributed by atoms with Gasteiger partial charge in [-0.1, -0.05) is 37.3 Å². The van der Waals surface area contributed by atoms with Crippen molar-refractivity contribution in [3.63, 3.8) is 0 Å². The van der Waals surface area contributed by atoms with E-state index < -0.39 is 12.1 Å². The van der Waals surface area contributed by atoms with Crippen LogP contribution in [0.5, 0.6) is 0 Å². The van der Waals surface area contributed by atoms with Crippen LogP contribution in [0.3, 0.4) is 0 Å². The number of hydrogen-bond acceptors (Lipinski definition) is 4. The topological polar surface area (TPSA) is 97.1 Å². The maximum atomic E-state index is 12.2. The first-order valence-corrected chi connectivity index (χ1v) is 7.49. The highest BCUT2D eigenvalue weighted by Crippen LogP contribution is 2.25. The van der Waals surface area contributed by atoms with Crippen LogP contribution < -0.4 is 16.4 Å². The van der Waals surface area contributed by atoms with Crippen LogP contribution in [0.15, 0.2) is 24.3 Å². The van der Waals surface area contributed by atoms with Crippen molar-refractivity contribution < 1.29 is 9.59 Å². The molecule has 0 aliphatic heterocycles. The number of para-hydroxylation sites is 1. The van der Waals surface area contributed by atoms with Gasteiger partial charge in [0.25, 0.3) is 0 Å². The van der Waals surface area contributed by atoms with Crippen molar-refractivity contribution >= 4 is 38.6 Å². The average Bonchev–Trinajstić information content (AvgIpc) is 2.78. The van der Waals surface area contributed by atoms with Gasteiger partial charge in [-0.05, 0) is 24.5 Å². The minimum atomic E-state index is -0.708. The van der Waals surface area contributed by atoms with Gasteiger partial charge in [-0.2, -0.15) is 0 Å². The zero-order valence-electron chi connectivity index (χ0n) is 11.9. The number of fused-ring (bicyclic) bond motifs is 1. The Morgan fingerprint density at radius 2 is 2.05 bits per heavy atom. The Hall–Kier alpha value is -2.15. The van der Waals surface area contributed by atoms with Crippen LogP contribution >= 0.6 is 11.3 Å². The predicted octanol–water partition coefficient (Wildman–Crippen LogP) is 2.32. The molecule has 1 heterocycles. The summed E-state index contributed by atoms with van der Waals surface area (Å²) in [5.41, 5.74) is 5.95. The number of amides is 3. The molecular formula is C14H18N4O2S. The fraction of sp³-hybridized carbons (Fsp3) is 0.357. The molecule has 6 nitrogen and oxygen atoms in total. The van der Waals surface area contributed by atoms with Crippen molar-refractivity contribution in [1.82, 2.24) is 10.3 Å². The van der Waals surface area contributed by atoms with E-state index in [4.69, 9.17) is 5.73 Å². The van der Waals surface area contributed by atoms with Crippen LogP contribution in [-0.2, 0) is 4.79 Å². The number of nitrogens with two attached hydrogens (primary N) is 1. The summed E-state index contributed by atoms with van der Waals surface area (Å²) in [5.74, 6) is -0.0514. The van der Waals surface area contributed by atoms with E-state index >= 15 is 0 Å². The van der Waals surface area contributed by atoms with Crippen LogP contribution in [0.25, 0.3) is 10.2 Å². The van der Waals surface area contributed by atoms with Gasteiger partial charge < -0.3 is 16.4 Å². The molecule has 1 atom stereocenters. The highest BCUT2D eigenvalue weighted by atomic mass is 32.1. The first-order chi connectivity index (χ1) is 9.95. The van der Waals surface area contributed by atoms with Crippen molar-refractivity contribution in [3.8, 4) is 0 Å². The maximum absolute atomic E-state index is 12.2. The number of carbonyl (C=O) groups is 2. The molecule has 7 heteroatoms. The van der Waals surface area contributed by atoms with Gasteiger partial charge in [0.1, 0.15) is 6.04 Å². The number of primary amides is 1. The summed E-state index contributed by atoms with van der Waals surface area (Å²) in [6.45, 7) is 3.95. The van der Waals surface area contributed by atoms with E-state index in [-0.39, 0.29) is 11.8 Å². The molecule has 0 spiro atoms. The molecule has 0 aliphatic rings. The third-order valence-electron chi connectivity index (χ3n) is 2.86. The van der Waals surface area contributed by atoms with Gasteiger partial charge in [-0.3, -0.25) is 4.79 Å². The summed E-state index contributed by atoms with van der Waals surface area (Å²) in [6, 6.07) is 6.27. The summed E-state index contributed by atoms with van der Waals surface area (Å²) in [6.07, 6.45) is 0.514. The number of thiazole rings is 1. The Labute approximate surface area is 126 Å². The standard InChI is InChI=1S/C14H18N4O2S/c1-8(2)7-10(16-13(15)20)12(19)18-14-17-9-5-3-4-6-11(9)21-14/h3-6,8,10H,7H2,1-2H3,(H3,15,16,20)(H,17,18,19)/t10-/m1/s1. The lowest BCUT2D eigenvalue weighted by molar-refractivity contribution is -0.118. The first-order valence-electron chi connectivity index (χ1n) is 6.68. The third-order valence-corrected chi connectivity index (χ3v) is 3.82. The molecule has 2 aromatic rings. The summed E-state index contributed by atoms with van der Waals surface area (Å²) >= 11 is 1.39. The Kier molecular flexibility index (Phi) is 4.74. The highest BCUT2D eigenvalue weighted by molar-refractivity contribution is 7.22. The van der Waals surface area contributed by atoms with Gasteiger partial charge in [-0.15, -0.1) is 0 Å². The highest BCUT2D eigenvalue weighted by Gasteiger charge is 2.22. The number of nitrogens with zero attached hydrogens (tertiary/aromatic N) is 1. The second-order valence-electron chi connectivity index (χ2n) is 5.17. The molecule has 0 aliphatic carbocycles. The monoisotopic (exact) mass is 306 g/mol. The maximum Gasteiger partial charge on any atom is 0.312 e. The second-order valence-corrected chi connectivity index (χ2v) is 6.20. The lowest BCUT2D eigenvalue weighted by Crippen LogP contribution is -2.46. The van der Waals surface area contributed by atoms with Crippen molar-refractivity contribution in [1.29, 1.82) is 0 Å². The number of aromatic nitrogens is 1. The predicted molar refractivity (Wildman–Crippen MR) is 84.2 cm³/mol. The van der Waals surface area contributed by atoms with Gasteiger partial charge in [0.2, 0.25) is 5.91 Å². The molecule has 0 saturated heterocycles. The van der Waals surface area contributed by atoms with Crippen molar-refractivity contribution in [2.45, 2.75) is 26.3 Å². The van der Waals surface area contributed by atoms with Gasteiger partial charge in [0.15, 0.2) is 5.13 Å². The first kappa shape index (κ1) is 15.2. The van der Waals surface area contributed by atoms with Gasteiger partial charge >= 0.3 is 6.03 Å². The third kappa shape index (κ3) is 4.16. The minimum absolute atomic E-state index is 0.253. The number of rotatable bonds is 5. The number of nitrogens with one attached hydrogen (secondary N) is 2.